The smallest absolute Gasteiger partial charge is 0.0888 e. The van der Waals surface area contributed by atoms with Crippen LogP contribution in [0.15, 0.2) is 41.4 Å². The standard InChI is InChI=1S/C12H7ClN2S/c13-10-3-1-2-8-4-9(5-14-12(8)10)11-6-16-7-15-11/h1-7H. The minimum absolute atomic E-state index is 0.683. The molecule has 0 aliphatic carbocycles. The highest BCUT2D eigenvalue weighted by Crippen LogP contribution is 2.26. The summed E-state index contributed by atoms with van der Waals surface area (Å²) in [5.41, 5.74) is 4.64. The predicted octanol–water partition coefficient (Wildman–Crippen LogP) is 4.01. The first-order valence-corrected chi connectivity index (χ1v) is 6.09. The van der Waals surface area contributed by atoms with Crippen LogP contribution >= 0.6 is 22.9 Å². The predicted molar refractivity (Wildman–Crippen MR) is 67.9 cm³/mol. The molecule has 4 heteroatoms. The first-order valence-electron chi connectivity index (χ1n) is 4.77. The lowest BCUT2D eigenvalue weighted by atomic mass is 10.1. The van der Waals surface area contributed by atoms with Crippen LogP contribution in [0.2, 0.25) is 5.02 Å². The molecule has 3 aromatic rings. The summed E-state index contributed by atoms with van der Waals surface area (Å²) in [6.07, 6.45) is 1.81. The molecule has 0 fully saturated rings. The van der Waals surface area contributed by atoms with Gasteiger partial charge in [-0.2, -0.15) is 0 Å². The third-order valence-corrected chi connectivity index (χ3v) is 3.28. The molecule has 2 heterocycles. The van der Waals surface area contributed by atoms with Crippen LogP contribution in [-0.4, -0.2) is 9.97 Å². The molecule has 0 bridgehead atoms. The maximum Gasteiger partial charge on any atom is 0.0888 e. The molecule has 16 heavy (non-hydrogen) atoms. The molecule has 0 aliphatic heterocycles. The third kappa shape index (κ3) is 1.58. The summed E-state index contributed by atoms with van der Waals surface area (Å²) < 4.78 is 0. The van der Waals surface area contributed by atoms with E-state index in [4.69, 9.17) is 11.6 Å². The summed E-state index contributed by atoms with van der Waals surface area (Å²) >= 11 is 7.64. The Morgan fingerprint density at radius 2 is 2.12 bits per heavy atom. The van der Waals surface area contributed by atoms with Crippen molar-refractivity contribution >= 4 is 33.8 Å². The van der Waals surface area contributed by atoms with Gasteiger partial charge in [0.25, 0.3) is 0 Å². The quantitative estimate of drug-likeness (QED) is 0.648. The zero-order valence-corrected chi connectivity index (χ0v) is 9.79. The molecule has 3 rings (SSSR count). The minimum atomic E-state index is 0.683. The Hall–Kier alpha value is -1.45. The number of hydrogen-bond donors (Lipinski definition) is 0. The maximum absolute atomic E-state index is 6.06. The lowest BCUT2D eigenvalue weighted by molar-refractivity contribution is 1.36. The van der Waals surface area contributed by atoms with E-state index >= 15 is 0 Å². The Balaban J connectivity index is 2.24. The van der Waals surface area contributed by atoms with Crippen molar-refractivity contribution in [2.75, 3.05) is 0 Å². The van der Waals surface area contributed by atoms with Crippen molar-refractivity contribution in [3.8, 4) is 11.3 Å². The van der Waals surface area contributed by atoms with Crippen molar-refractivity contribution in [2.24, 2.45) is 0 Å². The van der Waals surface area contributed by atoms with Crippen molar-refractivity contribution in [2.45, 2.75) is 0 Å². The highest BCUT2D eigenvalue weighted by atomic mass is 35.5. The molecule has 0 saturated carbocycles. The highest BCUT2D eigenvalue weighted by molar-refractivity contribution is 7.07. The second kappa shape index (κ2) is 3.85. The summed E-state index contributed by atoms with van der Waals surface area (Å²) in [4.78, 5) is 8.63. The zero-order chi connectivity index (χ0) is 11.0. The van der Waals surface area contributed by atoms with Crippen LogP contribution in [0.3, 0.4) is 0 Å². The van der Waals surface area contributed by atoms with E-state index in [0.29, 0.717) is 5.02 Å². The number of nitrogens with zero attached hydrogens (tertiary/aromatic N) is 2. The van der Waals surface area contributed by atoms with Crippen molar-refractivity contribution in [1.29, 1.82) is 0 Å². The van der Waals surface area contributed by atoms with Gasteiger partial charge in [0.05, 0.1) is 21.7 Å². The van der Waals surface area contributed by atoms with E-state index in [1.807, 2.05) is 35.3 Å². The Bertz CT molecular complexity index is 635. The van der Waals surface area contributed by atoms with Crippen LogP contribution < -0.4 is 0 Å². The average Bonchev–Trinajstić information content (AvgIpc) is 2.82. The first kappa shape index (κ1) is 9.75. The first-order chi connectivity index (χ1) is 7.84. The number of benzene rings is 1. The van der Waals surface area contributed by atoms with Crippen molar-refractivity contribution < 1.29 is 0 Å². The molecular weight excluding hydrogens is 240 g/mol. The van der Waals surface area contributed by atoms with E-state index in [9.17, 15) is 0 Å². The van der Waals surface area contributed by atoms with Crippen molar-refractivity contribution in [1.82, 2.24) is 9.97 Å². The van der Waals surface area contributed by atoms with E-state index in [2.05, 4.69) is 16.0 Å². The van der Waals surface area contributed by atoms with Crippen LogP contribution in [0.4, 0.5) is 0 Å². The molecule has 0 spiro atoms. The number of pyridine rings is 1. The lowest BCUT2D eigenvalue weighted by Crippen LogP contribution is -1.83. The number of fused-ring (bicyclic) bond motifs is 1. The molecule has 0 saturated heterocycles. The normalized spacial score (nSPS) is 10.8. The molecule has 78 valence electrons. The summed E-state index contributed by atoms with van der Waals surface area (Å²) in [6, 6.07) is 7.84. The van der Waals surface area contributed by atoms with Crippen molar-refractivity contribution in [3.63, 3.8) is 0 Å². The van der Waals surface area contributed by atoms with E-state index in [1.54, 1.807) is 11.3 Å². The van der Waals surface area contributed by atoms with Crippen LogP contribution in [-0.2, 0) is 0 Å². The van der Waals surface area contributed by atoms with Gasteiger partial charge in [-0.1, -0.05) is 23.7 Å². The Morgan fingerprint density at radius 3 is 2.94 bits per heavy atom. The number of hydrogen-bond acceptors (Lipinski definition) is 3. The number of halogens is 1. The van der Waals surface area contributed by atoms with Gasteiger partial charge in [-0.3, -0.25) is 4.98 Å². The van der Waals surface area contributed by atoms with E-state index in [0.717, 1.165) is 22.2 Å². The van der Waals surface area contributed by atoms with E-state index in [1.165, 1.54) is 0 Å². The lowest BCUT2D eigenvalue weighted by Gasteiger charge is -2.01. The number of thiazole rings is 1. The average molecular weight is 247 g/mol. The molecular formula is C12H7ClN2S. The number of para-hydroxylation sites is 1. The number of aromatic nitrogens is 2. The number of rotatable bonds is 1. The van der Waals surface area contributed by atoms with Gasteiger partial charge in [-0.25, -0.2) is 4.98 Å². The molecule has 0 aliphatic rings. The Labute approximate surface area is 102 Å². The summed E-state index contributed by atoms with van der Waals surface area (Å²) in [5, 5.41) is 3.73. The molecule has 2 aromatic heterocycles. The van der Waals surface area contributed by atoms with Gasteiger partial charge in [-0.05, 0) is 12.1 Å². The van der Waals surface area contributed by atoms with Crippen LogP contribution in [0, 0.1) is 0 Å². The van der Waals surface area contributed by atoms with Crippen LogP contribution in [0.5, 0.6) is 0 Å². The van der Waals surface area contributed by atoms with Crippen LogP contribution in [0.1, 0.15) is 0 Å². The second-order valence-corrected chi connectivity index (χ2v) is 4.54. The minimum Gasteiger partial charge on any atom is -0.254 e. The van der Waals surface area contributed by atoms with Gasteiger partial charge < -0.3 is 0 Å². The molecule has 2 nitrogen and oxygen atoms in total. The second-order valence-electron chi connectivity index (χ2n) is 3.41. The summed E-state index contributed by atoms with van der Waals surface area (Å²) in [6.45, 7) is 0. The SMILES string of the molecule is Clc1cccc2cc(-c3cscn3)cnc12. The van der Waals surface area contributed by atoms with E-state index in [-0.39, 0.29) is 0 Å². The fourth-order valence-corrected chi connectivity index (χ4v) is 2.41. The summed E-state index contributed by atoms with van der Waals surface area (Å²) in [7, 11) is 0. The van der Waals surface area contributed by atoms with Gasteiger partial charge >= 0.3 is 0 Å². The highest BCUT2D eigenvalue weighted by Gasteiger charge is 2.04. The molecule has 0 atom stereocenters. The topological polar surface area (TPSA) is 25.8 Å². The fourth-order valence-electron chi connectivity index (χ4n) is 1.62. The monoisotopic (exact) mass is 246 g/mol. The fraction of sp³-hybridized carbons (Fsp3) is 0. The molecule has 0 N–H and O–H groups in total. The molecule has 0 radical (unpaired) electrons. The van der Waals surface area contributed by atoms with Crippen LogP contribution in [0.25, 0.3) is 22.2 Å². The maximum atomic E-state index is 6.06. The van der Waals surface area contributed by atoms with Gasteiger partial charge in [0.15, 0.2) is 0 Å². The third-order valence-electron chi connectivity index (χ3n) is 2.39. The largest absolute Gasteiger partial charge is 0.254 e. The summed E-state index contributed by atoms with van der Waals surface area (Å²) in [5.74, 6) is 0. The Kier molecular flexibility index (Phi) is 2.35. The van der Waals surface area contributed by atoms with Crippen molar-refractivity contribution in [3.05, 3.63) is 46.4 Å². The van der Waals surface area contributed by atoms with Gasteiger partial charge in [0, 0.05) is 22.5 Å². The molecule has 0 amide bonds. The van der Waals surface area contributed by atoms with Gasteiger partial charge in [-0.15, -0.1) is 11.3 Å². The van der Waals surface area contributed by atoms with Gasteiger partial charge in [0.1, 0.15) is 0 Å². The zero-order valence-electron chi connectivity index (χ0n) is 8.22. The van der Waals surface area contributed by atoms with E-state index < -0.39 is 0 Å². The van der Waals surface area contributed by atoms with Gasteiger partial charge in [0.2, 0.25) is 0 Å². The Morgan fingerprint density at radius 1 is 1.19 bits per heavy atom. The molecule has 1 aromatic carbocycles. The molecule has 0 unspecified atom stereocenters.